The summed E-state index contributed by atoms with van der Waals surface area (Å²) >= 11 is 0. The molecule has 1 fully saturated rings. The van der Waals surface area contributed by atoms with Crippen molar-refractivity contribution in [1.82, 2.24) is 19.8 Å². The van der Waals surface area contributed by atoms with Gasteiger partial charge in [-0.1, -0.05) is 6.07 Å². The Labute approximate surface area is 144 Å². The van der Waals surface area contributed by atoms with Crippen molar-refractivity contribution in [1.29, 1.82) is 0 Å². The molecule has 0 bridgehead atoms. The van der Waals surface area contributed by atoms with Crippen LogP contribution in [0.25, 0.3) is 11.0 Å². The summed E-state index contributed by atoms with van der Waals surface area (Å²) < 4.78 is 0. The molecule has 0 aliphatic carbocycles. The minimum Gasteiger partial charge on any atom is -0.338 e. The number of aromatic nitrogens is 2. The van der Waals surface area contributed by atoms with E-state index in [9.17, 15) is 14.4 Å². The molecule has 0 spiro atoms. The normalized spacial score (nSPS) is 19.2. The zero-order valence-corrected chi connectivity index (χ0v) is 14.3. The van der Waals surface area contributed by atoms with Crippen LogP contribution < -0.4 is 11.1 Å². The van der Waals surface area contributed by atoms with Gasteiger partial charge in [0.2, 0.25) is 5.91 Å². The fourth-order valence-corrected chi connectivity index (χ4v) is 3.93. The molecule has 132 valence electrons. The van der Waals surface area contributed by atoms with Crippen LogP contribution in [0.1, 0.15) is 24.0 Å². The number of nitrogens with one attached hydrogen (secondary N) is 2. The molecule has 1 saturated heterocycles. The van der Waals surface area contributed by atoms with E-state index < -0.39 is 11.1 Å². The fourth-order valence-electron chi connectivity index (χ4n) is 3.93. The zero-order chi connectivity index (χ0) is 17.6. The van der Waals surface area contributed by atoms with Crippen molar-refractivity contribution in [3.05, 3.63) is 44.0 Å². The first kappa shape index (κ1) is 16.1. The molecule has 4 rings (SSSR count). The van der Waals surface area contributed by atoms with Gasteiger partial charge in [-0.15, -0.1) is 0 Å². The highest BCUT2D eigenvalue weighted by molar-refractivity contribution is 5.82. The van der Waals surface area contributed by atoms with E-state index in [1.54, 1.807) is 0 Å². The molecule has 0 saturated carbocycles. The van der Waals surface area contributed by atoms with Gasteiger partial charge in [-0.05, 0) is 51.0 Å². The molecule has 2 aromatic rings. The van der Waals surface area contributed by atoms with Crippen molar-refractivity contribution in [2.45, 2.75) is 25.8 Å². The van der Waals surface area contributed by atoms with E-state index in [-0.39, 0.29) is 11.8 Å². The van der Waals surface area contributed by atoms with Gasteiger partial charge in [-0.3, -0.25) is 14.4 Å². The summed E-state index contributed by atoms with van der Waals surface area (Å²) in [5.74, 6) is 0.300. The third-order valence-corrected chi connectivity index (χ3v) is 5.48. The van der Waals surface area contributed by atoms with E-state index in [2.05, 4.69) is 21.9 Å². The number of fused-ring (bicyclic) bond motifs is 3. The van der Waals surface area contributed by atoms with Crippen LogP contribution in [0.2, 0.25) is 0 Å². The summed E-state index contributed by atoms with van der Waals surface area (Å²) in [7, 11) is 2.08. The molecule has 0 unspecified atom stereocenters. The molecule has 2 N–H and O–H groups in total. The van der Waals surface area contributed by atoms with E-state index in [1.165, 1.54) is 0 Å². The highest BCUT2D eigenvalue weighted by atomic mass is 16.2. The quantitative estimate of drug-likeness (QED) is 0.736. The maximum Gasteiger partial charge on any atom is 0.314 e. The molecule has 3 heterocycles. The van der Waals surface area contributed by atoms with Crippen molar-refractivity contribution < 1.29 is 4.79 Å². The van der Waals surface area contributed by atoms with E-state index in [1.807, 2.05) is 17.0 Å². The number of amides is 1. The van der Waals surface area contributed by atoms with E-state index >= 15 is 0 Å². The maximum absolute atomic E-state index is 12.9. The van der Waals surface area contributed by atoms with Crippen molar-refractivity contribution in [2.24, 2.45) is 5.92 Å². The summed E-state index contributed by atoms with van der Waals surface area (Å²) in [5.41, 5.74) is 2.02. The van der Waals surface area contributed by atoms with E-state index in [4.69, 9.17) is 0 Å². The second-order valence-corrected chi connectivity index (χ2v) is 7.12. The Bertz CT molecular complexity index is 937. The maximum atomic E-state index is 12.9. The Morgan fingerprint density at radius 2 is 1.80 bits per heavy atom. The van der Waals surface area contributed by atoms with Crippen molar-refractivity contribution in [3.63, 3.8) is 0 Å². The summed E-state index contributed by atoms with van der Waals surface area (Å²) in [5, 5.41) is 0. The molecule has 7 heteroatoms. The molecule has 7 nitrogen and oxygen atoms in total. The molecule has 2 aliphatic heterocycles. The Morgan fingerprint density at radius 1 is 1.08 bits per heavy atom. The van der Waals surface area contributed by atoms with Crippen molar-refractivity contribution >= 4 is 16.9 Å². The summed E-state index contributed by atoms with van der Waals surface area (Å²) in [4.78, 5) is 45.6. The van der Waals surface area contributed by atoms with Gasteiger partial charge < -0.3 is 19.8 Å². The van der Waals surface area contributed by atoms with E-state index in [0.717, 1.165) is 43.5 Å². The first-order chi connectivity index (χ1) is 12.0. The van der Waals surface area contributed by atoms with Crippen LogP contribution in [-0.4, -0.2) is 52.4 Å². The van der Waals surface area contributed by atoms with Crippen molar-refractivity contribution in [2.75, 3.05) is 26.7 Å². The van der Waals surface area contributed by atoms with Gasteiger partial charge in [0.05, 0.1) is 11.0 Å². The predicted molar refractivity (Wildman–Crippen MR) is 94.5 cm³/mol. The number of hydrogen-bond acceptors (Lipinski definition) is 4. The zero-order valence-electron chi connectivity index (χ0n) is 14.3. The number of H-pyrrole nitrogens is 2. The molecular formula is C18H22N4O3. The summed E-state index contributed by atoms with van der Waals surface area (Å²) in [6, 6.07) is 3.79. The third-order valence-electron chi connectivity index (χ3n) is 5.48. The fraction of sp³-hybridized carbons (Fsp3) is 0.500. The SMILES string of the molecule is CN1CCC(C(=O)N2CCc3ccc4[nH]c(=O)c(=O)[nH]c4c3C2)CC1. The van der Waals surface area contributed by atoms with Crippen LogP contribution in [0, 0.1) is 5.92 Å². The van der Waals surface area contributed by atoms with Gasteiger partial charge in [0, 0.05) is 24.6 Å². The third kappa shape index (κ3) is 2.89. The number of hydrogen-bond donors (Lipinski definition) is 2. The van der Waals surface area contributed by atoms with Crippen LogP contribution in [-0.2, 0) is 17.8 Å². The lowest BCUT2D eigenvalue weighted by molar-refractivity contribution is -0.137. The van der Waals surface area contributed by atoms with Gasteiger partial charge >= 0.3 is 11.1 Å². The van der Waals surface area contributed by atoms with Crippen LogP contribution in [0.15, 0.2) is 21.7 Å². The topological polar surface area (TPSA) is 89.3 Å². The van der Waals surface area contributed by atoms with Gasteiger partial charge in [-0.2, -0.15) is 0 Å². The Morgan fingerprint density at radius 3 is 2.56 bits per heavy atom. The molecular weight excluding hydrogens is 320 g/mol. The lowest BCUT2D eigenvalue weighted by Crippen LogP contribution is -2.43. The molecule has 1 aromatic carbocycles. The van der Waals surface area contributed by atoms with Gasteiger partial charge in [0.25, 0.3) is 0 Å². The second kappa shape index (κ2) is 6.15. The van der Waals surface area contributed by atoms with Crippen LogP contribution in [0.4, 0.5) is 0 Å². The first-order valence-corrected chi connectivity index (χ1v) is 8.77. The molecule has 0 atom stereocenters. The Balaban J connectivity index is 1.65. The molecule has 2 aliphatic rings. The lowest BCUT2D eigenvalue weighted by atomic mass is 9.92. The summed E-state index contributed by atoms with van der Waals surface area (Å²) in [6.45, 7) is 3.10. The van der Waals surface area contributed by atoms with Crippen LogP contribution in [0.3, 0.4) is 0 Å². The average molecular weight is 342 g/mol. The monoisotopic (exact) mass is 342 g/mol. The number of aromatic amines is 2. The number of benzene rings is 1. The predicted octanol–water partition coefficient (Wildman–Crippen LogP) is 0.443. The van der Waals surface area contributed by atoms with Crippen molar-refractivity contribution in [3.8, 4) is 0 Å². The second-order valence-electron chi connectivity index (χ2n) is 7.12. The molecule has 25 heavy (non-hydrogen) atoms. The Kier molecular flexibility index (Phi) is 3.95. The smallest absolute Gasteiger partial charge is 0.314 e. The van der Waals surface area contributed by atoms with Crippen LogP contribution >= 0.6 is 0 Å². The highest BCUT2D eigenvalue weighted by Gasteiger charge is 2.30. The van der Waals surface area contributed by atoms with Gasteiger partial charge in [0.1, 0.15) is 0 Å². The minimum absolute atomic E-state index is 0.0894. The molecule has 1 aromatic heterocycles. The van der Waals surface area contributed by atoms with E-state index in [0.29, 0.717) is 24.1 Å². The first-order valence-electron chi connectivity index (χ1n) is 8.77. The largest absolute Gasteiger partial charge is 0.338 e. The number of likely N-dealkylation sites (tertiary alicyclic amines) is 1. The average Bonchev–Trinajstić information content (AvgIpc) is 2.62. The number of rotatable bonds is 1. The number of carbonyl (C=O) groups is 1. The minimum atomic E-state index is -0.653. The van der Waals surface area contributed by atoms with Crippen LogP contribution in [0.5, 0.6) is 0 Å². The number of piperidine rings is 1. The standard InChI is InChI=1S/C18H22N4O3/c1-21-7-4-12(5-8-21)18(25)22-9-6-11-2-3-14-15(13(11)10-22)20-17(24)16(23)19-14/h2-3,12H,4-10H2,1H3,(H,19,23)(H,20,24). The number of nitrogens with zero attached hydrogens (tertiary/aromatic N) is 2. The van der Waals surface area contributed by atoms with Gasteiger partial charge in [-0.25, -0.2) is 0 Å². The molecule has 1 amide bonds. The number of carbonyl (C=O) groups excluding carboxylic acids is 1. The molecule has 0 radical (unpaired) electrons. The van der Waals surface area contributed by atoms with Gasteiger partial charge in [0.15, 0.2) is 0 Å². The lowest BCUT2D eigenvalue weighted by Gasteiger charge is -2.35. The summed E-state index contributed by atoms with van der Waals surface area (Å²) in [6.07, 6.45) is 2.57. The Hall–Kier alpha value is -2.41. The highest BCUT2D eigenvalue weighted by Crippen LogP contribution is 2.27.